The molecule has 2 rings (SSSR count). The molecule has 0 saturated heterocycles. The third-order valence-corrected chi connectivity index (χ3v) is 3.22. The second kappa shape index (κ2) is 5.10. The zero-order valence-corrected chi connectivity index (χ0v) is 11.2. The first-order valence-electron chi connectivity index (χ1n) is 6.06. The van der Waals surface area contributed by atoms with Crippen LogP contribution in [0.1, 0.15) is 11.1 Å². The van der Waals surface area contributed by atoms with Gasteiger partial charge in [0.25, 0.3) is 5.69 Å². The quantitative estimate of drug-likeness (QED) is 0.669. The van der Waals surface area contributed by atoms with Gasteiger partial charge in [0.15, 0.2) is 0 Å². The van der Waals surface area contributed by atoms with Crippen LogP contribution in [0.2, 0.25) is 0 Å². The summed E-state index contributed by atoms with van der Waals surface area (Å²) in [6.45, 7) is 3.80. The number of nitrogens with zero attached hydrogens (tertiary/aromatic N) is 1. The molecule has 4 heteroatoms. The van der Waals surface area contributed by atoms with Crippen LogP contribution in [0.4, 0.5) is 11.4 Å². The molecule has 0 aliphatic rings. The smallest absolute Gasteiger partial charge is 0.272 e. The lowest BCUT2D eigenvalue weighted by molar-refractivity contribution is -0.385. The first kappa shape index (κ1) is 13.1. The van der Waals surface area contributed by atoms with Gasteiger partial charge in [0.2, 0.25) is 0 Å². The number of rotatable bonds is 3. The Morgan fingerprint density at radius 1 is 1.00 bits per heavy atom. The number of nitro benzene ring substituents is 1. The van der Waals surface area contributed by atoms with Gasteiger partial charge in [-0.15, -0.1) is 0 Å². The summed E-state index contributed by atoms with van der Waals surface area (Å²) in [5, 5.41) is 13.9. The minimum atomic E-state index is -0.353. The van der Waals surface area contributed by atoms with Gasteiger partial charge >= 0.3 is 0 Å². The Hall–Kier alpha value is -2.36. The lowest BCUT2D eigenvalue weighted by Gasteiger charge is -2.09. The second-order valence-corrected chi connectivity index (χ2v) is 4.54. The lowest BCUT2D eigenvalue weighted by atomic mass is 10.00. The predicted octanol–water partition coefficient (Wildman–Crippen LogP) is 3.92. The molecule has 0 heterocycles. The molecule has 0 spiro atoms. The van der Waals surface area contributed by atoms with Gasteiger partial charge in [-0.3, -0.25) is 10.1 Å². The molecule has 0 fully saturated rings. The number of nitrogens with one attached hydrogen (secondary N) is 1. The summed E-state index contributed by atoms with van der Waals surface area (Å²) >= 11 is 0. The molecule has 98 valence electrons. The van der Waals surface area contributed by atoms with E-state index in [9.17, 15) is 10.1 Å². The fourth-order valence-electron chi connectivity index (χ4n) is 2.16. The van der Waals surface area contributed by atoms with Crippen molar-refractivity contribution in [1.29, 1.82) is 0 Å². The Balaban J connectivity index is 2.45. The Labute approximate surface area is 112 Å². The van der Waals surface area contributed by atoms with E-state index >= 15 is 0 Å². The molecule has 4 nitrogen and oxygen atoms in total. The highest BCUT2D eigenvalue weighted by molar-refractivity contribution is 5.70. The van der Waals surface area contributed by atoms with Gasteiger partial charge in [-0.05, 0) is 54.8 Å². The monoisotopic (exact) mass is 256 g/mol. The number of aryl methyl sites for hydroxylation is 2. The number of anilines is 1. The van der Waals surface area contributed by atoms with Crippen LogP contribution in [0.5, 0.6) is 0 Å². The molecule has 0 aromatic heterocycles. The van der Waals surface area contributed by atoms with Crippen molar-refractivity contribution in [3.05, 3.63) is 57.6 Å². The van der Waals surface area contributed by atoms with E-state index in [-0.39, 0.29) is 10.6 Å². The van der Waals surface area contributed by atoms with Crippen molar-refractivity contribution in [2.24, 2.45) is 0 Å². The maximum Gasteiger partial charge on any atom is 0.272 e. The predicted molar refractivity (Wildman–Crippen MR) is 77.6 cm³/mol. The largest absolute Gasteiger partial charge is 0.388 e. The van der Waals surface area contributed by atoms with Gasteiger partial charge in [0, 0.05) is 24.4 Å². The molecular weight excluding hydrogens is 240 g/mol. The van der Waals surface area contributed by atoms with E-state index < -0.39 is 0 Å². The fraction of sp³-hybridized carbons (Fsp3) is 0.200. The van der Waals surface area contributed by atoms with E-state index in [0.29, 0.717) is 5.56 Å². The van der Waals surface area contributed by atoms with Gasteiger partial charge in [0.05, 0.1) is 4.92 Å². The van der Waals surface area contributed by atoms with Crippen LogP contribution in [0.25, 0.3) is 11.1 Å². The molecule has 0 aliphatic heterocycles. The molecule has 0 atom stereocenters. The summed E-state index contributed by atoms with van der Waals surface area (Å²) < 4.78 is 0. The summed E-state index contributed by atoms with van der Waals surface area (Å²) in [7, 11) is 1.89. The molecule has 0 bridgehead atoms. The molecule has 1 N–H and O–H groups in total. The van der Waals surface area contributed by atoms with Crippen molar-refractivity contribution in [3.63, 3.8) is 0 Å². The Morgan fingerprint density at radius 2 is 1.58 bits per heavy atom. The van der Waals surface area contributed by atoms with Crippen LogP contribution in [0.15, 0.2) is 36.4 Å². The molecule has 0 aliphatic carbocycles. The zero-order chi connectivity index (χ0) is 14.0. The van der Waals surface area contributed by atoms with Gasteiger partial charge in [-0.2, -0.15) is 0 Å². The van der Waals surface area contributed by atoms with Crippen molar-refractivity contribution in [2.75, 3.05) is 12.4 Å². The van der Waals surface area contributed by atoms with Crippen molar-refractivity contribution in [2.45, 2.75) is 13.8 Å². The highest BCUT2D eigenvalue weighted by Crippen LogP contribution is 2.28. The van der Waals surface area contributed by atoms with E-state index in [1.807, 2.05) is 32.2 Å². The van der Waals surface area contributed by atoms with Crippen LogP contribution < -0.4 is 5.32 Å². The van der Waals surface area contributed by atoms with Crippen LogP contribution >= 0.6 is 0 Å². The second-order valence-electron chi connectivity index (χ2n) is 4.54. The standard InChI is InChI=1S/C15H16N2O2/c1-10-8-12(4-6-14(10)16-3)13-5-7-15(17(18)19)11(2)9-13/h4-9,16H,1-3H3. The van der Waals surface area contributed by atoms with Crippen LogP contribution in [0, 0.1) is 24.0 Å². The van der Waals surface area contributed by atoms with E-state index in [2.05, 4.69) is 11.4 Å². The zero-order valence-electron chi connectivity index (χ0n) is 11.2. The van der Waals surface area contributed by atoms with Gasteiger partial charge in [0.1, 0.15) is 0 Å². The molecule has 19 heavy (non-hydrogen) atoms. The average Bonchev–Trinajstić information content (AvgIpc) is 2.38. The molecule has 2 aromatic carbocycles. The van der Waals surface area contributed by atoms with Crippen LogP contribution in [-0.4, -0.2) is 12.0 Å². The Kier molecular flexibility index (Phi) is 3.51. The molecule has 2 aromatic rings. The van der Waals surface area contributed by atoms with E-state index in [4.69, 9.17) is 0 Å². The molecule has 0 amide bonds. The van der Waals surface area contributed by atoms with E-state index in [1.165, 1.54) is 0 Å². The minimum Gasteiger partial charge on any atom is -0.388 e. The third kappa shape index (κ3) is 2.57. The summed E-state index contributed by atoms with van der Waals surface area (Å²) in [5.41, 5.74) is 5.13. The Morgan fingerprint density at radius 3 is 2.05 bits per heavy atom. The van der Waals surface area contributed by atoms with Crippen molar-refractivity contribution in [3.8, 4) is 11.1 Å². The molecule has 0 saturated carbocycles. The van der Waals surface area contributed by atoms with Crippen molar-refractivity contribution in [1.82, 2.24) is 0 Å². The van der Waals surface area contributed by atoms with E-state index in [0.717, 1.165) is 22.4 Å². The van der Waals surface area contributed by atoms with E-state index in [1.54, 1.807) is 19.1 Å². The topological polar surface area (TPSA) is 55.2 Å². The summed E-state index contributed by atoms with van der Waals surface area (Å²) in [6, 6.07) is 11.3. The first-order chi connectivity index (χ1) is 9.02. The maximum atomic E-state index is 10.8. The van der Waals surface area contributed by atoms with Gasteiger partial charge in [-0.25, -0.2) is 0 Å². The minimum absolute atomic E-state index is 0.160. The fourth-order valence-corrected chi connectivity index (χ4v) is 2.16. The maximum absolute atomic E-state index is 10.8. The number of hydrogen-bond donors (Lipinski definition) is 1. The molecular formula is C15H16N2O2. The highest BCUT2D eigenvalue weighted by Gasteiger charge is 2.11. The molecule has 0 unspecified atom stereocenters. The summed E-state index contributed by atoms with van der Waals surface area (Å²) in [5.74, 6) is 0. The number of benzene rings is 2. The van der Waals surface area contributed by atoms with Gasteiger partial charge < -0.3 is 5.32 Å². The SMILES string of the molecule is CNc1ccc(-c2ccc([N+](=O)[O-])c(C)c2)cc1C. The van der Waals surface area contributed by atoms with Crippen molar-refractivity contribution >= 4 is 11.4 Å². The third-order valence-electron chi connectivity index (χ3n) is 3.22. The lowest BCUT2D eigenvalue weighted by Crippen LogP contribution is -1.93. The van der Waals surface area contributed by atoms with Crippen LogP contribution in [-0.2, 0) is 0 Å². The van der Waals surface area contributed by atoms with Crippen LogP contribution in [0.3, 0.4) is 0 Å². The average molecular weight is 256 g/mol. The summed E-state index contributed by atoms with van der Waals surface area (Å²) in [4.78, 5) is 10.5. The van der Waals surface area contributed by atoms with Gasteiger partial charge in [-0.1, -0.05) is 6.07 Å². The Bertz CT molecular complexity index is 636. The highest BCUT2D eigenvalue weighted by atomic mass is 16.6. The number of nitro groups is 1. The summed E-state index contributed by atoms with van der Waals surface area (Å²) in [6.07, 6.45) is 0. The van der Waals surface area contributed by atoms with Crippen molar-refractivity contribution < 1.29 is 4.92 Å². The normalized spacial score (nSPS) is 10.3. The molecule has 0 radical (unpaired) electrons. The first-order valence-corrected chi connectivity index (χ1v) is 6.06. The number of hydrogen-bond acceptors (Lipinski definition) is 3.